The number of oxime groups is 1. The first-order valence-corrected chi connectivity index (χ1v) is 14.7. The molecule has 0 heterocycles. The van der Waals surface area contributed by atoms with E-state index in [1.54, 1.807) is 0 Å². The van der Waals surface area contributed by atoms with Crippen LogP contribution in [0.2, 0.25) is 19.6 Å². The number of carbonyl (C=O) groups excluding carboxylic acids is 1. The van der Waals surface area contributed by atoms with E-state index in [2.05, 4.69) is 21.9 Å². The summed E-state index contributed by atoms with van der Waals surface area (Å²) in [6.45, 7) is 8.14. The number of hydrogen-bond donors (Lipinski definition) is 4. The summed E-state index contributed by atoms with van der Waals surface area (Å²) in [4.78, 5) is 22.3. The van der Waals surface area contributed by atoms with Crippen molar-refractivity contribution >= 4 is 31.6 Å². The minimum atomic E-state index is -1.70. The number of carbonyl (C=O) groups is 1. The second kappa shape index (κ2) is 12.7. The summed E-state index contributed by atoms with van der Waals surface area (Å²) in [5, 5.41) is 24.4. The molecule has 0 aromatic heterocycles. The number of anilines is 2. The van der Waals surface area contributed by atoms with Crippen LogP contribution < -0.4 is 10.8 Å². The summed E-state index contributed by atoms with van der Waals surface area (Å²) in [6.07, 6.45) is 0.825. The molecule has 0 spiro atoms. The zero-order valence-corrected chi connectivity index (χ0v) is 22.2. The first kappa shape index (κ1) is 29.9. The predicted molar refractivity (Wildman–Crippen MR) is 137 cm³/mol. The summed E-state index contributed by atoms with van der Waals surface area (Å²) >= 11 is 0. The normalized spacial score (nSPS) is 11.7. The number of hydroxylamine groups is 1. The number of rotatable bonds is 10. The van der Waals surface area contributed by atoms with Gasteiger partial charge < -0.3 is 20.4 Å². The highest BCUT2D eigenvalue weighted by Gasteiger charge is 2.24. The average Bonchev–Trinajstić information content (AvgIpc) is 2.79. The summed E-state index contributed by atoms with van der Waals surface area (Å²) in [7, 11) is -1.70. The van der Waals surface area contributed by atoms with E-state index < -0.39 is 60.5 Å². The van der Waals surface area contributed by atoms with Gasteiger partial charge in [0.25, 0.3) is 5.91 Å². The maximum Gasteiger partial charge on any atom is 0.277 e. The first-order chi connectivity index (χ1) is 17.2. The predicted octanol–water partition coefficient (Wildman–Crippen LogP) is 3.85. The molecule has 12 heteroatoms. The molecular formula is C25H30F3N3O5Si. The number of nitrogens with one attached hydrogen (secondary N) is 2. The van der Waals surface area contributed by atoms with Crippen molar-refractivity contribution in [1.29, 1.82) is 0 Å². The van der Waals surface area contributed by atoms with Crippen LogP contribution in [0.15, 0.2) is 29.4 Å². The molecule has 0 aliphatic heterocycles. The van der Waals surface area contributed by atoms with Crippen molar-refractivity contribution in [3.63, 3.8) is 0 Å². The van der Waals surface area contributed by atoms with Crippen LogP contribution in [0.1, 0.15) is 35.3 Å². The van der Waals surface area contributed by atoms with Gasteiger partial charge in [-0.3, -0.25) is 9.63 Å². The quantitative estimate of drug-likeness (QED) is 0.120. The molecule has 0 radical (unpaired) electrons. The highest BCUT2D eigenvalue weighted by Crippen LogP contribution is 2.30. The van der Waals surface area contributed by atoms with Gasteiger partial charge in [0.1, 0.15) is 20.5 Å². The number of aliphatic hydroxyl groups excluding tert-OH is 1. The van der Waals surface area contributed by atoms with Crippen LogP contribution in [0.3, 0.4) is 0 Å². The number of aliphatic hydroxyl groups is 2. The minimum Gasteiger partial charge on any atom is -0.394 e. The standard InChI is InChI=1S/C25H30F3N3O5Si/c1-25(2,34)15-36-29-14-17-13-18(24(33)31-35-10-9-32)23(22(28)21(17)27)30-20-7-6-16(12-19(20)26)8-11-37(3,4)5/h6-7,12-14,30,32,34H,9-10,15H2,1-5H3,(H,31,33)/b29-14-. The monoisotopic (exact) mass is 537 g/mol. The van der Waals surface area contributed by atoms with E-state index in [9.17, 15) is 18.7 Å². The molecule has 0 saturated carbocycles. The highest BCUT2D eigenvalue weighted by atomic mass is 28.3. The van der Waals surface area contributed by atoms with E-state index in [0.29, 0.717) is 5.56 Å². The van der Waals surface area contributed by atoms with Gasteiger partial charge in [-0.05, 0) is 38.1 Å². The molecule has 8 nitrogen and oxygen atoms in total. The zero-order valence-electron chi connectivity index (χ0n) is 21.2. The molecule has 2 aromatic rings. The second-order valence-corrected chi connectivity index (χ2v) is 14.4. The fourth-order valence-electron chi connectivity index (χ4n) is 2.64. The summed E-state index contributed by atoms with van der Waals surface area (Å²) < 4.78 is 44.8. The van der Waals surface area contributed by atoms with Crippen LogP contribution in [-0.4, -0.2) is 55.8 Å². The summed E-state index contributed by atoms with van der Waals surface area (Å²) in [5.74, 6) is -1.76. The maximum absolute atomic E-state index is 15.1. The van der Waals surface area contributed by atoms with Crippen molar-refractivity contribution < 1.29 is 37.9 Å². The number of nitrogens with zero attached hydrogens (tertiary/aromatic N) is 1. The highest BCUT2D eigenvalue weighted by molar-refractivity contribution is 6.83. The zero-order chi connectivity index (χ0) is 27.8. The Bertz CT molecular complexity index is 1220. The fourth-order valence-corrected chi connectivity index (χ4v) is 3.16. The lowest BCUT2D eigenvalue weighted by atomic mass is 10.1. The molecule has 0 aliphatic carbocycles. The smallest absolute Gasteiger partial charge is 0.277 e. The Hall–Kier alpha value is -3.37. The molecule has 0 fully saturated rings. The Balaban J connectivity index is 2.46. The topological polar surface area (TPSA) is 112 Å². The molecular weight excluding hydrogens is 507 g/mol. The van der Waals surface area contributed by atoms with Crippen LogP contribution in [0.25, 0.3) is 0 Å². The van der Waals surface area contributed by atoms with Gasteiger partial charge in [0.2, 0.25) is 0 Å². The van der Waals surface area contributed by atoms with Crippen molar-refractivity contribution in [3.8, 4) is 11.5 Å². The molecule has 0 atom stereocenters. The summed E-state index contributed by atoms with van der Waals surface area (Å²) in [5.41, 5.74) is 2.51. The van der Waals surface area contributed by atoms with Gasteiger partial charge in [0, 0.05) is 11.1 Å². The van der Waals surface area contributed by atoms with E-state index in [1.165, 1.54) is 26.0 Å². The molecule has 2 rings (SSSR count). The fraction of sp³-hybridized carbons (Fsp3) is 0.360. The Morgan fingerprint density at radius 2 is 1.89 bits per heavy atom. The molecule has 4 N–H and O–H groups in total. The third-order valence-corrected chi connectivity index (χ3v) is 5.21. The van der Waals surface area contributed by atoms with E-state index in [0.717, 1.165) is 18.3 Å². The van der Waals surface area contributed by atoms with Gasteiger partial charge in [-0.15, -0.1) is 5.54 Å². The lowest BCUT2D eigenvalue weighted by Gasteiger charge is -2.16. The third-order valence-electron chi connectivity index (χ3n) is 4.33. The number of halogens is 3. The van der Waals surface area contributed by atoms with Crippen LogP contribution in [0, 0.1) is 28.9 Å². The Morgan fingerprint density at radius 1 is 1.19 bits per heavy atom. The molecule has 1 amide bonds. The number of amides is 1. The second-order valence-electron chi connectivity index (χ2n) is 9.66. The molecule has 0 aliphatic rings. The SMILES string of the molecule is CC(C)(O)CO/N=C\c1cc(C(=O)NOCCO)c(Nc2ccc(C#C[Si](C)(C)C)cc2F)c(F)c1F. The van der Waals surface area contributed by atoms with Crippen molar-refractivity contribution in [2.75, 3.05) is 25.1 Å². The van der Waals surface area contributed by atoms with Crippen LogP contribution in [-0.2, 0) is 9.68 Å². The van der Waals surface area contributed by atoms with Gasteiger partial charge in [-0.25, -0.2) is 18.7 Å². The molecule has 200 valence electrons. The molecule has 0 bridgehead atoms. The van der Waals surface area contributed by atoms with E-state index >= 15 is 4.39 Å². The number of benzene rings is 2. The van der Waals surface area contributed by atoms with Crippen LogP contribution >= 0.6 is 0 Å². The maximum atomic E-state index is 15.1. The third kappa shape index (κ3) is 9.54. The van der Waals surface area contributed by atoms with Gasteiger partial charge in [-0.1, -0.05) is 30.7 Å². The Morgan fingerprint density at radius 3 is 2.49 bits per heavy atom. The molecule has 0 unspecified atom stereocenters. The van der Waals surface area contributed by atoms with E-state index in [-0.39, 0.29) is 18.9 Å². The van der Waals surface area contributed by atoms with Crippen molar-refractivity contribution in [1.82, 2.24) is 5.48 Å². The van der Waals surface area contributed by atoms with Crippen molar-refractivity contribution in [3.05, 3.63) is 58.4 Å². The lowest BCUT2D eigenvalue weighted by Crippen LogP contribution is -2.26. The van der Waals surface area contributed by atoms with Crippen LogP contribution in [0.4, 0.5) is 24.5 Å². The van der Waals surface area contributed by atoms with E-state index in [4.69, 9.17) is 14.8 Å². The van der Waals surface area contributed by atoms with Gasteiger partial charge in [-0.2, -0.15) is 0 Å². The average molecular weight is 538 g/mol. The van der Waals surface area contributed by atoms with Gasteiger partial charge in [0.05, 0.1) is 42.0 Å². The lowest BCUT2D eigenvalue weighted by molar-refractivity contribution is -0.0185. The molecule has 37 heavy (non-hydrogen) atoms. The van der Waals surface area contributed by atoms with E-state index in [1.807, 2.05) is 25.1 Å². The molecule has 2 aromatic carbocycles. The van der Waals surface area contributed by atoms with Crippen molar-refractivity contribution in [2.24, 2.45) is 5.16 Å². The minimum absolute atomic E-state index is 0.225. The molecule has 0 saturated heterocycles. The number of hydrogen-bond acceptors (Lipinski definition) is 7. The largest absolute Gasteiger partial charge is 0.394 e. The Kier molecular flexibility index (Phi) is 10.3. The van der Waals surface area contributed by atoms with Crippen LogP contribution in [0.5, 0.6) is 0 Å². The van der Waals surface area contributed by atoms with Crippen molar-refractivity contribution in [2.45, 2.75) is 39.1 Å². The Labute approximate surface area is 214 Å². The summed E-state index contributed by atoms with van der Waals surface area (Å²) in [6, 6.07) is 4.92. The van der Waals surface area contributed by atoms with Gasteiger partial charge in [0.15, 0.2) is 11.6 Å². The van der Waals surface area contributed by atoms with Gasteiger partial charge >= 0.3 is 0 Å². The first-order valence-electron chi connectivity index (χ1n) is 11.2.